The average Bonchev–Trinajstić information content (AvgIpc) is 3.06. The van der Waals surface area contributed by atoms with Crippen molar-refractivity contribution in [1.29, 1.82) is 0 Å². The quantitative estimate of drug-likeness (QED) is 0.348. The second kappa shape index (κ2) is 9.80. The van der Waals surface area contributed by atoms with E-state index in [1.807, 2.05) is 42.5 Å². The molecule has 0 atom stereocenters. The van der Waals surface area contributed by atoms with Gasteiger partial charge in [0.1, 0.15) is 18.2 Å². The van der Waals surface area contributed by atoms with Crippen molar-refractivity contribution in [3.63, 3.8) is 0 Å². The second-order valence-corrected chi connectivity index (χ2v) is 9.34. The molecule has 0 saturated carbocycles. The first-order valence-corrected chi connectivity index (χ1v) is 11.6. The van der Waals surface area contributed by atoms with E-state index in [0.717, 1.165) is 10.2 Å². The van der Waals surface area contributed by atoms with Gasteiger partial charge in [-0.15, -0.1) is 0 Å². The number of nitrogens with zero attached hydrogens (tertiary/aromatic N) is 1. The zero-order chi connectivity index (χ0) is 21.8. The van der Waals surface area contributed by atoms with Gasteiger partial charge in [0.25, 0.3) is 5.91 Å². The molecule has 0 aromatic heterocycles. The topological polar surface area (TPSA) is 50.7 Å². The van der Waals surface area contributed by atoms with Crippen molar-refractivity contribution in [3.05, 3.63) is 97.5 Å². The van der Waals surface area contributed by atoms with Gasteiger partial charge >= 0.3 is 0 Å². The van der Waals surface area contributed by atoms with E-state index >= 15 is 0 Å². The van der Waals surface area contributed by atoms with E-state index in [1.54, 1.807) is 18.2 Å². The number of ether oxygens (including phenoxy) is 1. The van der Waals surface area contributed by atoms with Crippen molar-refractivity contribution >= 4 is 66.5 Å². The van der Waals surface area contributed by atoms with Gasteiger partial charge in [-0.2, -0.15) is 0 Å². The summed E-state index contributed by atoms with van der Waals surface area (Å²) in [7, 11) is 0. The third kappa shape index (κ3) is 5.64. The van der Waals surface area contributed by atoms with Gasteiger partial charge in [-0.05, 0) is 75.7 Å². The molecule has 1 amide bonds. The molecule has 0 bridgehead atoms. The third-order valence-electron chi connectivity index (χ3n) is 4.23. The maximum absolute atomic E-state index is 13.5. The predicted molar refractivity (Wildman–Crippen MR) is 130 cm³/mol. The minimum Gasteiger partial charge on any atom is -0.487 e. The Labute approximate surface area is 199 Å². The van der Waals surface area contributed by atoms with E-state index in [0.29, 0.717) is 31.4 Å². The summed E-state index contributed by atoms with van der Waals surface area (Å²) >= 11 is 8.26. The van der Waals surface area contributed by atoms with Crippen molar-refractivity contribution in [2.75, 3.05) is 0 Å². The second-order valence-electron chi connectivity index (χ2n) is 6.54. The summed E-state index contributed by atoms with van der Waals surface area (Å²) in [6.45, 7) is 0.189. The third-order valence-corrected chi connectivity index (χ3v) is 6.19. The van der Waals surface area contributed by atoms with Crippen molar-refractivity contribution < 1.29 is 13.9 Å². The lowest BCUT2D eigenvalue weighted by atomic mass is 10.1. The van der Waals surface area contributed by atoms with Gasteiger partial charge in [-0.1, -0.05) is 46.3 Å². The standard InChI is InChI=1S/C23H15Br2FN2O2S/c24-16-10-15(21(19(25)12-16)30-13-14-5-4-6-17(26)9-14)11-20-22(29)28-23(31-20)27-18-7-2-1-3-8-18/h1-12H,13H2,(H,27,28,29)/b20-11-. The zero-order valence-corrected chi connectivity index (χ0v) is 19.9. The van der Waals surface area contributed by atoms with Crippen LogP contribution >= 0.6 is 43.6 Å². The van der Waals surface area contributed by atoms with Gasteiger partial charge in [-0.3, -0.25) is 4.79 Å². The van der Waals surface area contributed by atoms with Crippen molar-refractivity contribution in [3.8, 4) is 5.75 Å². The SMILES string of the molecule is O=C1NC(=Nc2ccccc2)S/C1=C\c1cc(Br)cc(Br)c1OCc1cccc(F)c1. The van der Waals surface area contributed by atoms with Crippen molar-refractivity contribution in [2.45, 2.75) is 6.61 Å². The maximum atomic E-state index is 13.5. The Balaban J connectivity index is 1.60. The Morgan fingerprint density at radius 3 is 2.65 bits per heavy atom. The predicted octanol–water partition coefficient (Wildman–Crippen LogP) is 6.82. The number of amides is 1. The van der Waals surface area contributed by atoms with Crippen molar-refractivity contribution in [1.82, 2.24) is 5.32 Å². The van der Waals surface area contributed by atoms with Gasteiger partial charge in [0.05, 0.1) is 15.1 Å². The first-order valence-electron chi connectivity index (χ1n) is 9.19. The number of hydrogen-bond donors (Lipinski definition) is 1. The number of para-hydroxylation sites is 1. The molecule has 1 N–H and O–H groups in total. The Hall–Kier alpha value is -2.42. The molecule has 1 saturated heterocycles. The number of carbonyl (C=O) groups excluding carboxylic acids is 1. The number of aliphatic imine (C=N–C) groups is 1. The number of benzene rings is 3. The minimum atomic E-state index is -0.317. The number of halogens is 3. The summed E-state index contributed by atoms with van der Waals surface area (Å²) in [5.74, 6) is 0.0104. The number of amidine groups is 1. The Morgan fingerprint density at radius 2 is 1.87 bits per heavy atom. The van der Waals surface area contributed by atoms with Crippen LogP contribution in [0, 0.1) is 5.82 Å². The van der Waals surface area contributed by atoms with Crippen LogP contribution in [0.5, 0.6) is 5.75 Å². The van der Waals surface area contributed by atoms with Gasteiger partial charge in [0.15, 0.2) is 5.17 Å². The lowest BCUT2D eigenvalue weighted by Gasteiger charge is -2.13. The van der Waals surface area contributed by atoms with Gasteiger partial charge in [0.2, 0.25) is 0 Å². The Morgan fingerprint density at radius 1 is 1.06 bits per heavy atom. The maximum Gasteiger partial charge on any atom is 0.264 e. The highest BCUT2D eigenvalue weighted by Gasteiger charge is 2.24. The normalized spacial score (nSPS) is 16.0. The lowest BCUT2D eigenvalue weighted by molar-refractivity contribution is -0.115. The summed E-state index contributed by atoms with van der Waals surface area (Å²) in [6, 6.07) is 19.4. The number of carbonyl (C=O) groups is 1. The first kappa shape index (κ1) is 21.8. The molecule has 3 aromatic rings. The van der Waals surface area contributed by atoms with Crippen LogP contribution in [0.3, 0.4) is 0 Å². The number of thioether (sulfide) groups is 1. The molecular weight excluding hydrogens is 547 g/mol. The fraction of sp³-hybridized carbons (Fsp3) is 0.0435. The largest absolute Gasteiger partial charge is 0.487 e. The molecule has 8 heteroatoms. The molecule has 0 aliphatic carbocycles. The molecule has 0 radical (unpaired) electrons. The molecule has 4 rings (SSSR count). The molecule has 4 nitrogen and oxygen atoms in total. The van der Waals surface area contributed by atoms with E-state index in [-0.39, 0.29) is 18.3 Å². The van der Waals surface area contributed by atoms with Crippen LogP contribution in [0.25, 0.3) is 6.08 Å². The average molecular weight is 562 g/mol. The summed E-state index contributed by atoms with van der Waals surface area (Å²) < 4.78 is 21.0. The zero-order valence-electron chi connectivity index (χ0n) is 15.9. The van der Waals surface area contributed by atoms with E-state index in [1.165, 1.54) is 23.9 Å². The minimum absolute atomic E-state index is 0.189. The smallest absolute Gasteiger partial charge is 0.264 e. The van der Waals surface area contributed by atoms with Gasteiger partial charge < -0.3 is 10.1 Å². The molecule has 0 spiro atoms. The van der Waals surface area contributed by atoms with Crippen LogP contribution < -0.4 is 10.1 Å². The van der Waals surface area contributed by atoms with Crippen LogP contribution in [-0.4, -0.2) is 11.1 Å². The van der Waals surface area contributed by atoms with Crippen molar-refractivity contribution in [2.24, 2.45) is 4.99 Å². The Kier molecular flexibility index (Phi) is 6.89. The van der Waals surface area contributed by atoms with E-state index in [2.05, 4.69) is 42.2 Å². The number of nitrogens with one attached hydrogen (secondary N) is 1. The fourth-order valence-corrected chi connectivity index (χ4v) is 5.07. The highest BCUT2D eigenvalue weighted by atomic mass is 79.9. The van der Waals surface area contributed by atoms with Gasteiger partial charge in [-0.25, -0.2) is 9.38 Å². The highest BCUT2D eigenvalue weighted by molar-refractivity contribution is 9.11. The highest BCUT2D eigenvalue weighted by Crippen LogP contribution is 2.37. The molecule has 1 aliphatic heterocycles. The van der Waals surface area contributed by atoms with Crippen LogP contribution in [0.2, 0.25) is 0 Å². The molecule has 156 valence electrons. The lowest BCUT2D eigenvalue weighted by Crippen LogP contribution is -2.19. The van der Waals surface area contributed by atoms with Crippen LogP contribution in [0.4, 0.5) is 10.1 Å². The molecule has 1 fully saturated rings. The molecule has 0 unspecified atom stereocenters. The van der Waals surface area contributed by atoms with E-state index in [9.17, 15) is 9.18 Å². The molecular formula is C23H15Br2FN2O2S. The monoisotopic (exact) mass is 560 g/mol. The molecule has 1 aliphatic rings. The van der Waals surface area contributed by atoms with Crippen LogP contribution in [0.15, 0.2) is 85.6 Å². The van der Waals surface area contributed by atoms with Crippen LogP contribution in [0.1, 0.15) is 11.1 Å². The van der Waals surface area contributed by atoms with Crippen LogP contribution in [-0.2, 0) is 11.4 Å². The summed E-state index contributed by atoms with van der Waals surface area (Å²) in [5.41, 5.74) is 2.17. The summed E-state index contributed by atoms with van der Waals surface area (Å²) in [6.07, 6.45) is 1.75. The number of hydrogen-bond acceptors (Lipinski definition) is 4. The molecule has 31 heavy (non-hydrogen) atoms. The summed E-state index contributed by atoms with van der Waals surface area (Å²) in [4.78, 5) is 17.4. The first-order chi connectivity index (χ1) is 15.0. The fourth-order valence-electron chi connectivity index (χ4n) is 2.86. The van der Waals surface area contributed by atoms with E-state index < -0.39 is 0 Å². The van der Waals surface area contributed by atoms with E-state index in [4.69, 9.17) is 4.74 Å². The Bertz CT molecular complexity index is 1200. The van der Waals surface area contributed by atoms with Gasteiger partial charge in [0, 0.05) is 10.0 Å². The summed E-state index contributed by atoms with van der Waals surface area (Å²) in [5, 5.41) is 3.30. The molecule has 1 heterocycles. The molecule has 3 aromatic carbocycles. The number of rotatable bonds is 5.